The van der Waals surface area contributed by atoms with Crippen molar-refractivity contribution in [3.05, 3.63) is 29.6 Å². The molecule has 1 unspecified atom stereocenters. The fourth-order valence-corrected chi connectivity index (χ4v) is 2.04. The quantitative estimate of drug-likeness (QED) is 0.843. The fourth-order valence-electron chi connectivity index (χ4n) is 2.04. The second-order valence-corrected chi connectivity index (χ2v) is 4.42. The molecule has 0 aliphatic carbocycles. The van der Waals surface area contributed by atoms with Crippen LogP contribution in [0.3, 0.4) is 0 Å². The van der Waals surface area contributed by atoms with E-state index in [0.29, 0.717) is 6.10 Å². The lowest BCUT2D eigenvalue weighted by molar-refractivity contribution is 0.0168. The average molecular weight is 220 g/mol. The van der Waals surface area contributed by atoms with Gasteiger partial charge >= 0.3 is 0 Å². The smallest absolute Gasteiger partial charge is 0.0699 e. The Labute approximate surface area is 97.2 Å². The van der Waals surface area contributed by atoms with Crippen LogP contribution in [-0.4, -0.2) is 24.2 Å². The molecule has 88 valence electrons. The highest BCUT2D eigenvalue weighted by Crippen LogP contribution is 2.12. The lowest BCUT2D eigenvalue weighted by Gasteiger charge is -2.22. The van der Waals surface area contributed by atoms with Gasteiger partial charge in [0.25, 0.3) is 0 Å². The molecule has 0 spiro atoms. The summed E-state index contributed by atoms with van der Waals surface area (Å²) in [6, 6.07) is 2.07. The molecule has 1 fully saturated rings. The number of hydrogen-bond donors (Lipinski definition) is 1. The van der Waals surface area contributed by atoms with E-state index in [4.69, 9.17) is 4.74 Å². The van der Waals surface area contributed by atoms with Crippen molar-refractivity contribution in [2.24, 2.45) is 0 Å². The molecule has 1 aromatic rings. The van der Waals surface area contributed by atoms with Gasteiger partial charge < -0.3 is 10.1 Å². The minimum atomic E-state index is 0.413. The third kappa shape index (κ3) is 3.29. The third-order valence-electron chi connectivity index (χ3n) is 3.10. The summed E-state index contributed by atoms with van der Waals surface area (Å²) < 4.78 is 5.67. The maximum atomic E-state index is 5.67. The molecular weight excluding hydrogens is 200 g/mol. The average Bonchev–Trinajstić information content (AvgIpc) is 2.33. The van der Waals surface area contributed by atoms with Crippen molar-refractivity contribution in [3.8, 4) is 0 Å². The van der Waals surface area contributed by atoms with Crippen LogP contribution in [0.2, 0.25) is 0 Å². The summed E-state index contributed by atoms with van der Waals surface area (Å²) in [6.07, 6.45) is 7.90. The van der Waals surface area contributed by atoms with Crippen LogP contribution in [0.4, 0.5) is 0 Å². The molecule has 0 aromatic carbocycles. The molecule has 0 radical (unpaired) electrons. The summed E-state index contributed by atoms with van der Waals surface area (Å²) in [6.45, 7) is 4.90. The van der Waals surface area contributed by atoms with Gasteiger partial charge in [0.05, 0.1) is 6.10 Å². The zero-order valence-corrected chi connectivity index (χ0v) is 9.91. The summed E-state index contributed by atoms with van der Waals surface area (Å²) >= 11 is 0. The normalized spacial score (nSPS) is 20.9. The highest BCUT2D eigenvalue weighted by atomic mass is 16.5. The van der Waals surface area contributed by atoms with Crippen LogP contribution in [0.1, 0.15) is 30.4 Å². The molecule has 1 N–H and O–H groups in total. The van der Waals surface area contributed by atoms with Crippen LogP contribution >= 0.6 is 0 Å². The Morgan fingerprint density at radius 2 is 2.44 bits per heavy atom. The van der Waals surface area contributed by atoms with E-state index in [0.717, 1.165) is 19.7 Å². The first-order chi connectivity index (χ1) is 7.86. The lowest BCUT2D eigenvalue weighted by Crippen LogP contribution is -2.31. The van der Waals surface area contributed by atoms with Gasteiger partial charge in [-0.05, 0) is 43.4 Å². The van der Waals surface area contributed by atoms with Crippen molar-refractivity contribution in [3.63, 3.8) is 0 Å². The van der Waals surface area contributed by atoms with E-state index in [1.54, 1.807) is 0 Å². The van der Waals surface area contributed by atoms with E-state index in [1.165, 1.54) is 30.4 Å². The summed E-state index contributed by atoms with van der Waals surface area (Å²) in [5.74, 6) is 0. The predicted molar refractivity (Wildman–Crippen MR) is 64.3 cm³/mol. The molecule has 2 rings (SSSR count). The maximum absolute atomic E-state index is 5.67. The Morgan fingerprint density at radius 3 is 3.19 bits per heavy atom. The molecule has 3 heteroatoms. The molecule has 0 amide bonds. The standard InChI is InChI=1S/C13H20N2O/c1-11-8-14-6-5-12(11)9-15-10-13-4-2-3-7-16-13/h5-6,8,13,15H,2-4,7,9-10H2,1H3. The second kappa shape index (κ2) is 5.97. The first kappa shape index (κ1) is 11.6. The minimum Gasteiger partial charge on any atom is -0.377 e. The van der Waals surface area contributed by atoms with Gasteiger partial charge in [-0.1, -0.05) is 0 Å². The topological polar surface area (TPSA) is 34.2 Å². The van der Waals surface area contributed by atoms with Gasteiger partial charge in [-0.25, -0.2) is 0 Å². The van der Waals surface area contributed by atoms with Crippen LogP contribution in [0, 0.1) is 6.92 Å². The van der Waals surface area contributed by atoms with Crippen LogP contribution in [0.15, 0.2) is 18.5 Å². The van der Waals surface area contributed by atoms with Gasteiger partial charge in [-0.3, -0.25) is 4.98 Å². The molecule has 1 atom stereocenters. The first-order valence-electron chi connectivity index (χ1n) is 6.08. The van der Waals surface area contributed by atoms with Crippen LogP contribution in [0.5, 0.6) is 0 Å². The Morgan fingerprint density at radius 1 is 1.50 bits per heavy atom. The van der Waals surface area contributed by atoms with Gasteiger partial charge in [0.2, 0.25) is 0 Å². The zero-order valence-electron chi connectivity index (χ0n) is 9.91. The van der Waals surface area contributed by atoms with E-state index < -0.39 is 0 Å². The van der Waals surface area contributed by atoms with Crippen molar-refractivity contribution in [2.75, 3.05) is 13.2 Å². The van der Waals surface area contributed by atoms with E-state index in [9.17, 15) is 0 Å². The van der Waals surface area contributed by atoms with E-state index in [-0.39, 0.29) is 0 Å². The first-order valence-corrected chi connectivity index (χ1v) is 6.08. The fraction of sp³-hybridized carbons (Fsp3) is 0.615. The number of nitrogens with one attached hydrogen (secondary N) is 1. The number of rotatable bonds is 4. The SMILES string of the molecule is Cc1cnccc1CNCC1CCCCO1. The maximum Gasteiger partial charge on any atom is 0.0699 e. The van der Waals surface area contributed by atoms with Gasteiger partial charge in [0.1, 0.15) is 0 Å². The Hall–Kier alpha value is -0.930. The predicted octanol–water partition coefficient (Wildman–Crippen LogP) is 2.05. The Balaban J connectivity index is 1.73. The molecule has 3 nitrogen and oxygen atoms in total. The summed E-state index contributed by atoms with van der Waals surface area (Å²) in [5, 5.41) is 3.46. The Bertz CT molecular complexity index is 321. The van der Waals surface area contributed by atoms with Gasteiger partial charge in [0, 0.05) is 32.1 Å². The van der Waals surface area contributed by atoms with E-state index >= 15 is 0 Å². The molecule has 2 heterocycles. The largest absolute Gasteiger partial charge is 0.377 e. The molecule has 1 saturated heterocycles. The number of pyridine rings is 1. The van der Waals surface area contributed by atoms with E-state index in [1.807, 2.05) is 12.4 Å². The lowest BCUT2D eigenvalue weighted by atomic mass is 10.1. The van der Waals surface area contributed by atoms with Crippen LogP contribution in [0.25, 0.3) is 0 Å². The number of aryl methyl sites for hydroxylation is 1. The molecule has 1 aromatic heterocycles. The molecule has 1 aliphatic rings. The van der Waals surface area contributed by atoms with Crippen molar-refractivity contribution >= 4 is 0 Å². The third-order valence-corrected chi connectivity index (χ3v) is 3.10. The van der Waals surface area contributed by atoms with Crippen molar-refractivity contribution in [1.82, 2.24) is 10.3 Å². The second-order valence-electron chi connectivity index (χ2n) is 4.42. The zero-order chi connectivity index (χ0) is 11.2. The molecule has 0 saturated carbocycles. The van der Waals surface area contributed by atoms with Gasteiger partial charge in [-0.2, -0.15) is 0 Å². The summed E-state index contributed by atoms with van der Waals surface area (Å²) in [7, 11) is 0. The van der Waals surface area contributed by atoms with E-state index in [2.05, 4.69) is 23.3 Å². The molecular formula is C13H20N2O. The monoisotopic (exact) mass is 220 g/mol. The number of nitrogens with zero attached hydrogens (tertiary/aromatic N) is 1. The van der Waals surface area contributed by atoms with Crippen molar-refractivity contribution in [1.29, 1.82) is 0 Å². The van der Waals surface area contributed by atoms with Crippen LogP contribution < -0.4 is 5.32 Å². The van der Waals surface area contributed by atoms with Crippen molar-refractivity contribution in [2.45, 2.75) is 38.8 Å². The van der Waals surface area contributed by atoms with Crippen LogP contribution in [-0.2, 0) is 11.3 Å². The molecule has 0 bridgehead atoms. The summed E-state index contributed by atoms with van der Waals surface area (Å²) in [4.78, 5) is 4.09. The number of hydrogen-bond acceptors (Lipinski definition) is 3. The highest BCUT2D eigenvalue weighted by molar-refractivity contribution is 5.21. The van der Waals surface area contributed by atoms with Gasteiger partial charge in [-0.15, -0.1) is 0 Å². The highest BCUT2D eigenvalue weighted by Gasteiger charge is 2.12. The number of aromatic nitrogens is 1. The summed E-state index contributed by atoms with van der Waals surface area (Å²) in [5.41, 5.74) is 2.57. The molecule has 16 heavy (non-hydrogen) atoms. The van der Waals surface area contributed by atoms with Crippen molar-refractivity contribution < 1.29 is 4.74 Å². The minimum absolute atomic E-state index is 0.413. The Kier molecular flexibility index (Phi) is 4.31. The molecule has 1 aliphatic heterocycles. The number of ether oxygens (including phenoxy) is 1. The van der Waals surface area contributed by atoms with Gasteiger partial charge in [0.15, 0.2) is 0 Å².